The summed E-state index contributed by atoms with van der Waals surface area (Å²) < 4.78 is 13.5. The zero-order chi connectivity index (χ0) is 10.1. The Kier molecular flexibility index (Phi) is 2.21. The first-order valence-corrected chi connectivity index (χ1v) is 5.03. The molecule has 1 aromatic carbocycles. The van der Waals surface area contributed by atoms with Crippen molar-refractivity contribution in [3.63, 3.8) is 0 Å². The third kappa shape index (κ3) is 1.48. The number of aromatic nitrogens is 1. The molecule has 0 aliphatic heterocycles. The molecule has 72 valence electrons. The van der Waals surface area contributed by atoms with Gasteiger partial charge >= 0.3 is 0 Å². The molecule has 0 spiro atoms. The summed E-state index contributed by atoms with van der Waals surface area (Å²) in [7, 11) is 0. The molecule has 1 heterocycles. The number of rotatable bonds is 1. The molecule has 2 aromatic rings. The number of hydrogen-bond donors (Lipinski definition) is 1. The van der Waals surface area contributed by atoms with Crippen molar-refractivity contribution in [3.8, 4) is 11.3 Å². The average molecular weight is 208 g/mol. The lowest BCUT2D eigenvalue weighted by Crippen LogP contribution is -1.89. The maximum absolute atomic E-state index is 13.5. The van der Waals surface area contributed by atoms with E-state index in [2.05, 4.69) is 4.98 Å². The number of anilines is 1. The Morgan fingerprint density at radius 2 is 2.21 bits per heavy atom. The number of halogens is 1. The molecule has 14 heavy (non-hydrogen) atoms. The molecule has 0 amide bonds. The molecule has 0 radical (unpaired) electrons. The fourth-order valence-electron chi connectivity index (χ4n) is 1.36. The summed E-state index contributed by atoms with van der Waals surface area (Å²) in [6.07, 6.45) is 0. The Balaban J connectivity index is 2.61. The highest BCUT2D eigenvalue weighted by Crippen LogP contribution is 2.28. The van der Waals surface area contributed by atoms with E-state index < -0.39 is 0 Å². The van der Waals surface area contributed by atoms with Gasteiger partial charge in [0.1, 0.15) is 5.82 Å². The van der Waals surface area contributed by atoms with Crippen LogP contribution in [0.5, 0.6) is 0 Å². The van der Waals surface area contributed by atoms with Gasteiger partial charge < -0.3 is 5.73 Å². The Labute approximate surface area is 85.2 Å². The van der Waals surface area contributed by atoms with Crippen molar-refractivity contribution < 1.29 is 4.39 Å². The lowest BCUT2D eigenvalue weighted by Gasteiger charge is -2.02. The summed E-state index contributed by atoms with van der Waals surface area (Å²) >= 11 is 1.32. The van der Waals surface area contributed by atoms with Gasteiger partial charge in [-0.05, 0) is 18.6 Å². The van der Waals surface area contributed by atoms with E-state index in [1.165, 1.54) is 17.4 Å². The summed E-state index contributed by atoms with van der Waals surface area (Å²) in [5, 5.41) is 2.23. The van der Waals surface area contributed by atoms with Crippen LogP contribution in [0.4, 0.5) is 9.52 Å². The summed E-state index contributed by atoms with van der Waals surface area (Å²) in [4.78, 5) is 4.06. The van der Waals surface area contributed by atoms with Crippen molar-refractivity contribution in [2.24, 2.45) is 0 Å². The Bertz CT molecular complexity index is 445. The lowest BCUT2D eigenvalue weighted by atomic mass is 10.1. The van der Waals surface area contributed by atoms with Gasteiger partial charge in [-0.25, -0.2) is 9.37 Å². The van der Waals surface area contributed by atoms with Crippen molar-refractivity contribution in [3.05, 3.63) is 35.0 Å². The molecule has 0 atom stereocenters. The highest BCUT2D eigenvalue weighted by Gasteiger charge is 2.10. The fourth-order valence-corrected chi connectivity index (χ4v) is 1.91. The normalized spacial score (nSPS) is 10.4. The van der Waals surface area contributed by atoms with Crippen LogP contribution in [0, 0.1) is 12.7 Å². The van der Waals surface area contributed by atoms with Gasteiger partial charge in [0.15, 0.2) is 5.13 Å². The standard InChI is InChI=1S/C10H9FN2S/c1-6-3-2-4-7(11)9(6)8-5-14-10(12)13-8/h2-5H,1H3,(H2,12,13). The van der Waals surface area contributed by atoms with Crippen LogP contribution in [0.15, 0.2) is 23.6 Å². The number of nitrogens with zero attached hydrogens (tertiary/aromatic N) is 1. The van der Waals surface area contributed by atoms with Gasteiger partial charge in [-0.3, -0.25) is 0 Å². The van der Waals surface area contributed by atoms with Crippen LogP contribution in [-0.4, -0.2) is 4.98 Å². The summed E-state index contributed by atoms with van der Waals surface area (Å²) in [6.45, 7) is 1.86. The van der Waals surface area contributed by atoms with Gasteiger partial charge in [0.05, 0.1) is 5.69 Å². The number of nitrogens with two attached hydrogens (primary N) is 1. The van der Waals surface area contributed by atoms with Gasteiger partial charge in [0.25, 0.3) is 0 Å². The zero-order valence-electron chi connectivity index (χ0n) is 7.62. The maximum Gasteiger partial charge on any atom is 0.180 e. The van der Waals surface area contributed by atoms with E-state index in [0.29, 0.717) is 16.4 Å². The van der Waals surface area contributed by atoms with Gasteiger partial charge in [-0.15, -0.1) is 11.3 Å². The molecular formula is C10H9FN2S. The van der Waals surface area contributed by atoms with E-state index >= 15 is 0 Å². The molecule has 0 unspecified atom stereocenters. The van der Waals surface area contributed by atoms with Crippen LogP contribution in [0.1, 0.15) is 5.56 Å². The molecule has 0 saturated heterocycles. The van der Waals surface area contributed by atoms with E-state index in [-0.39, 0.29) is 5.82 Å². The van der Waals surface area contributed by atoms with Crippen molar-refractivity contribution >= 4 is 16.5 Å². The second kappa shape index (κ2) is 3.38. The minimum Gasteiger partial charge on any atom is -0.375 e. The highest BCUT2D eigenvalue weighted by atomic mass is 32.1. The van der Waals surface area contributed by atoms with E-state index in [0.717, 1.165) is 5.56 Å². The minimum absolute atomic E-state index is 0.254. The molecule has 0 fully saturated rings. The molecule has 2 nitrogen and oxygen atoms in total. The molecule has 1 aromatic heterocycles. The van der Waals surface area contributed by atoms with Crippen LogP contribution in [0.2, 0.25) is 0 Å². The number of nitrogen functional groups attached to an aromatic ring is 1. The first kappa shape index (κ1) is 9.15. The van der Waals surface area contributed by atoms with Gasteiger partial charge in [0, 0.05) is 10.9 Å². The second-order valence-corrected chi connectivity index (χ2v) is 3.89. The molecule has 2 N–H and O–H groups in total. The maximum atomic E-state index is 13.5. The first-order valence-electron chi connectivity index (χ1n) is 4.15. The molecule has 4 heteroatoms. The van der Waals surface area contributed by atoms with E-state index in [1.54, 1.807) is 11.4 Å². The molecule has 0 bridgehead atoms. The van der Waals surface area contributed by atoms with Crippen molar-refractivity contribution in [2.45, 2.75) is 6.92 Å². The van der Waals surface area contributed by atoms with E-state index in [1.807, 2.05) is 13.0 Å². The van der Waals surface area contributed by atoms with E-state index in [4.69, 9.17) is 5.73 Å². The first-order chi connectivity index (χ1) is 6.68. The fraction of sp³-hybridized carbons (Fsp3) is 0.100. The van der Waals surface area contributed by atoms with Gasteiger partial charge in [-0.1, -0.05) is 12.1 Å². The second-order valence-electron chi connectivity index (χ2n) is 3.00. The Morgan fingerprint density at radius 3 is 2.79 bits per heavy atom. The van der Waals surface area contributed by atoms with Gasteiger partial charge in [0.2, 0.25) is 0 Å². The molecule has 0 saturated carbocycles. The summed E-state index contributed by atoms with van der Waals surface area (Å²) in [5.74, 6) is -0.254. The number of aryl methyl sites for hydroxylation is 1. The smallest absolute Gasteiger partial charge is 0.180 e. The van der Waals surface area contributed by atoms with E-state index in [9.17, 15) is 4.39 Å². The zero-order valence-corrected chi connectivity index (χ0v) is 8.44. The van der Waals surface area contributed by atoms with Crippen LogP contribution in [-0.2, 0) is 0 Å². The molecule has 2 rings (SSSR count). The number of benzene rings is 1. The predicted molar refractivity (Wildman–Crippen MR) is 56.7 cm³/mol. The Morgan fingerprint density at radius 1 is 1.43 bits per heavy atom. The summed E-state index contributed by atoms with van der Waals surface area (Å²) in [6, 6.07) is 4.97. The van der Waals surface area contributed by atoms with Crippen LogP contribution in [0.25, 0.3) is 11.3 Å². The quantitative estimate of drug-likeness (QED) is 0.782. The van der Waals surface area contributed by atoms with Gasteiger partial charge in [-0.2, -0.15) is 0 Å². The monoisotopic (exact) mass is 208 g/mol. The van der Waals surface area contributed by atoms with Crippen molar-refractivity contribution in [1.29, 1.82) is 0 Å². The largest absolute Gasteiger partial charge is 0.375 e. The predicted octanol–water partition coefficient (Wildman–Crippen LogP) is 2.84. The topological polar surface area (TPSA) is 38.9 Å². The molecular weight excluding hydrogens is 199 g/mol. The minimum atomic E-state index is -0.254. The van der Waals surface area contributed by atoms with Crippen LogP contribution in [0.3, 0.4) is 0 Å². The third-order valence-electron chi connectivity index (χ3n) is 2.00. The molecule has 0 aliphatic carbocycles. The van der Waals surface area contributed by atoms with Crippen molar-refractivity contribution in [1.82, 2.24) is 4.98 Å². The highest BCUT2D eigenvalue weighted by molar-refractivity contribution is 7.13. The lowest BCUT2D eigenvalue weighted by molar-refractivity contribution is 0.630. The van der Waals surface area contributed by atoms with Crippen LogP contribution < -0.4 is 5.73 Å². The number of hydrogen-bond acceptors (Lipinski definition) is 3. The van der Waals surface area contributed by atoms with Crippen LogP contribution >= 0.6 is 11.3 Å². The summed E-state index contributed by atoms with van der Waals surface area (Å²) in [5.41, 5.74) is 7.53. The Hall–Kier alpha value is -1.42. The molecule has 0 aliphatic rings. The number of thiazole rings is 1. The third-order valence-corrected chi connectivity index (χ3v) is 2.67. The van der Waals surface area contributed by atoms with Crippen molar-refractivity contribution in [2.75, 3.05) is 5.73 Å². The SMILES string of the molecule is Cc1cccc(F)c1-c1csc(N)n1. The average Bonchev–Trinajstić information content (AvgIpc) is 2.51.